The van der Waals surface area contributed by atoms with Crippen LogP contribution in [0.5, 0.6) is 11.5 Å². The Morgan fingerprint density at radius 2 is 0.905 bits per heavy atom. The number of carbonyl (C=O) groups excluding carboxylic acids is 1. The van der Waals surface area contributed by atoms with Crippen LogP contribution in [-0.2, 0) is 9.53 Å². The van der Waals surface area contributed by atoms with Crippen LogP contribution >= 0.6 is 0 Å². The SMILES string of the molecule is CCCCCCCCCCCCCCCCCCN(CCOC(=O)C(C)(C)CC)c1ccc(N=Nc2cc(OC)c(N=Nc3ccc(N=Nc4ccccc4)cc3)cc2OC)cc1. The number of carbonyl (C=O) groups is 1. The average molecular weight is 860 g/mol. The van der Waals surface area contributed by atoms with E-state index in [1.165, 1.54) is 96.3 Å². The van der Waals surface area contributed by atoms with E-state index in [9.17, 15) is 4.79 Å². The number of azo groups is 3. The van der Waals surface area contributed by atoms with Crippen LogP contribution in [0.4, 0.5) is 39.8 Å². The lowest BCUT2D eigenvalue weighted by Crippen LogP contribution is -2.32. The summed E-state index contributed by atoms with van der Waals surface area (Å²) in [6, 6.07) is 28.4. The molecule has 0 saturated carbocycles. The number of hydrogen-bond donors (Lipinski definition) is 0. The van der Waals surface area contributed by atoms with Gasteiger partial charge < -0.3 is 19.1 Å². The van der Waals surface area contributed by atoms with Gasteiger partial charge in [-0.3, -0.25) is 4.79 Å². The third-order valence-electron chi connectivity index (χ3n) is 11.4. The first-order valence-electron chi connectivity index (χ1n) is 23.4. The third-order valence-corrected chi connectivity index (χ3v) is 11.4. The summed E-state index contributed by atoms with van der Waals surface area (Å²) in [5.74, 6) is 0.803. The van der Waals surface area contributed by atoms with Crippen LogP contribution in [0.3, 0.4) is 0 Å². The number of esters is 1. The van der Waals surface area contributed by atoms with Crippen LogP contribution < -0.4 is 14.4 Å². The molecule has 0 fully saturated rings. The summed E-state index contributed by atoms with van der Waals surface area (Å²) in [7, 11) is 3.15. The van der Waals surface area contributed by atoms with Crippen LogP contribution in [0.25, 0.3) is 0 Å². The highest BCUT2D eigenvalue weighted by molar-refractivity contribution is 5.75. The molecular formula is C52H73N7O4. The molecule has 4 aromatic carbocycles. The van der Waals surface area contributed by atoms with Crippen molar-refractivity contribution in [1.82, 2.24) is 0 Å². The van der Waals surface area contributed by atoms with Crippen molar-refractivity contribution in [3.05, 3.63) is 91.0 Å². The molecule has 0 spiro atoms. The van der Waals surface area contributed by atoms with Gasteiger partial charge in [-0.05, 0) is 87.4 Å². The van der Waals surface area contributed by atoms with Gasteiger partial charge in [0.05, 0.1) is 48.9 Å². The van der Waals surface area contributed by atoms with Crippen molar-refractivity contribution in [3.8, 4) is 11.5 Å². The highest BCUT2D eigenvalue weighted by Crippen LogP contribution is 2.41. The molecule has 0 unspecified atom stereocenters. The number of anilines is 1. The van der Waals surface area contributed by atoms with Gasteiger partial charge in [0.1, 0.15) is 29.5 Å². The van der Waals surface area contributed by atoms with E-state index in [0.29, 0.717) is 53.1 Å². The molecule has 11 heteroatoms. The summed E-state index contributed by atoms with van der Waals surface area (Å²) in [6.45, 7) is 10.0. The fraction of sp³-hybridized carbons (Fsp3) is 0.519. The summed E-state index contributed by atoms with van der Waals surface area (Å²) in [5.41, 5.74) is 4.36. The number of ether oxygens (including phenoxy) is 3. The molecule has 0 aliphatic heterocycles. The second-order valence-electron chi connectivity index (χ2n) is 16.8. The standard InChI is InChI=1S/C52H73N7O4/c1-7-9-10-11-12-13-14-15-16-17-18-19-20-21-22-26-37-59(38-39-63-51(60)52(3,4)8-2)46-35-33-45(34-36-46)56-58-48-41-49(61-5)47(40-50(48)62-6)57-55-44-31-29-43(30-32-44)54-53-42-27-24-23-25-28-42/h23-25,27-36,40-41H,7-22,26,37-39H2,1-6H3. The van der Waals surface area contributed by atoms with E-state index in [0.717, 1.165) is 30.8 Å². The summed E-state index contributed by atoms with van der Waals surface area (Å²) in [4.78, 5) is 15.0. The molecule has 340 valence electrons. The molecule has 4 aromatic rings. The molecule has 0 saturated heterocycles. The first kappa shape index (κ1) is 50.2. The average Bonchev–Trinajstić information content (AvgIpc) is 3.31. The minimum Gasteiger partial charge on any atom is -0.494 e. The minimum absolute atomic E-state index is 0.153. The number of hydrogen-bond acceptors (Lipinski definition) is 11. The van der Waals surface area contributed by atoms with Gasteiger partial charge in [0.25, 0.3) is 0 Å². The van der Waals surface area contributed by atoms with E-state index in [1.54, 1.807) is 26.4 Å². The van der Waals surface area contributed by atoms with Gasteiger partial charge in [0.15, 0.2) is 0 Å². The Kier molecular flexibility index (Phi) is 23.1. The molecule has 0 N–H and O–H groups in total. The van der Waals surface area contributed by atoms with Gasteiger partial charge >= 0.3 is 5.97 Å². The smallest absolute Gasteiger partial charge is 0.311 e. The third kappa shape index (κ3) is 18.8. The predicted molar refractivity (Wildman–Crippen MR) is 258 cm³/mol. The maximum atomic E-state index is 12.7. The lowest BCUT2D eigenvalue weighted by Gasteiger charge is -2.26. The predicted octanol–water partition coefficient (Wildman–Crippen LogP) is 17.0. The highest BCUT2D eigenvalue weighted by Gasteiger charge is 2.27. The highest BCUT2D eigenvalue weighted by atomic mass is 16.5. The summed E-state index contributed by atoms with van der Waals surface area (Å²) >= 11 is 0. The zero-order valence-electron chi connectivity index (χ0n) is 39.1. The van der Waals surface area contributed by atoms with Crippen molar-refractivity contribution in [1.29, 1.82) is 0 Å². The van der Waals surface area contributed by atoms with Gasteiger partial charge in [-0.1, -0.05) is 128 Å². The monoisotopic (exact) mass is 860 g/mol. The quantitative estimate of drug-likeness (QED) is 0.0283. The van der Waals surface area contributed by atoms with Crippen molar-refractivity contribution in [2.75, 3.05) is 38.8 Å². The van der Waals surface area contributed by atoms with E-state index >= 15 is 0 Å². The maximum Gasteiger partial charge on any atom is 0.311 e. The Labute approximate surface area is 377 Å². The Morgan fingerprint density at radius 1 is 0.508 bits per heavy atom. The van der Waals surface area contributed by atoms with E-state index in [2.05, 4.69) is 54.6 Å². The Balaban J connectivity index is 1.30. The molecular weight excluding hydrogens is 787 g/mol. The number of nitrogens with zero attached hydrogens (tertiary/aromatic N) is 7. The molecule has 0 aromatic heterocycles. The summed E-state index contributed by atoms with van der Waals surface area (Å²) in [6.07, 6.45) is 22.2. The van der Waals surface area contributed by atoms with Crippen LogP contribution in [0, 0.1) is 5.41 Å². The van der Waals surface area contributed by atoms with Crippen LogP contribution in [0.15, 0.2) is 122 Å². The summed E-state index contributed by atoms with van der Waals surface area (Å²) < 4.78 is 17.1. The molecule has 0 bridgehead atoms. The van der Waals surface area contributed by atoms with Crippen molar-refractivity contribution in [3.63, 3.8) is 0 Å². The molecule has 0 radical (unpaired) electrons. The largest absolute Gasteiger partial charge is 0.494 e. The van der Waals surface area contributed by atoms with Gasteiger partial charge in [0.2, 0.25) is 0 Å². The fourth-order valence-corrected chi connectivity index (χ4v) is 6.98. The van der Waals surface area contributed by atoms with Gasteiger partial charge in [-0.15, -0.1) is 10.2 Å². The van der Waals surface area contributed by atoms with E-state index in [4.69, 9.17) is 14.2 Å². The second kappa shape index (κ2) is 29.0. The number of benzene rings is 4. The molecule has 0 amide bonds. The van der Waals surface area contributed by atoms with Gasteiger partial charge in [-0.25, -0.2) is 0 Å². The van der Waals surface area contributed by atoms with Crippen molar-refractivity contribution in [2.24, 2.45) is 36.1 Å². The Bertz CT molecular complexity index is 1970. The summed E-state index contributed by atoms with van der Waals surface area (Å²) in [5, 5.41) is 26.4. The topological polar surface area (TPSA) is 122 Å². The fourth-order valence-electron chi connectivity index (χ4n) is 6.98. The molecule has 11 nitrogen and oxygen atoms in total. The Morgan fingerprint density at radius 3 is 1.33 bits per heavy atom. The lowest BCUT2D eigenvalue weighted by atomic mass is 9.91. The second-order valence-corrected chi connectivity index (χ2v) is 16.8. The first-order valence-corrected chi connectivity index (χ1v) is 23.4. The Hall–Kier alpha value is -5.45. The zero-order chi connectivity index (χ0) is 45.0. The van der Waals surface area contributed by atoms with Crippen molar-refractivity contribution in [2.45, 2.75) is 137 Å². The normalized spacial score (nSPS) is 11.8. The molecule has 4 rings (SSSR count). The minimum atomic E-state index is -0.493. The van der Waals surface area contributed by atoms with Crippen molar-refractivity contribution >= 4 is 45.8 Å². The zero-order valence-corrected chi connectivity index (χ0v) is 39.1. The lowest BCUT2D eigenvalue weighted by molar-refractivity contribution is -0.153. The number of unbranched alkanes of at least 4 members (excludes halogenated alkanes) is 15. The van der Waals surface area contributed by atoms with Gasteiger partial charge in [-0.2, -0.15) is 20.5 Å². The number of rotatable bonds is 31. The molecule has 0 aliphatic rings. The van der Waals surface area contributed by atoms with Crippen LogP contribution in [-0.4, -0.2) is 39.9 Å². The van der Waals surface area contributed by atoms with Crippen LogP contribution in [0.2, 0.25) is 0 Å². The van der Waals surface area contributed by atoms with E-state index < -0.39 is 5.41 Å². The molecule has 63 heavy (non-hydrogen) atoms. The molecule has 0 aliphatic carbocycles. The number of methoxy groups -OCH3 is 2. The first-order chi connectivity index (χ1) is 30.8. The van der Waals surface area contributed by atoms with E-state index in [1.807, 2.05) is 87.5 Å². The maximum absolute atomic E-state index is 12.7. The van der Waals surface area contributed by atoms with Crippen LogP contribution in [0.1, 0.15) is 137 Å². The van der Waals surface area contributed by atoms with Gasteiger partial charge in [0, 0.05) is 24.4 Å². The van der Waals surface area contributed by atoms with Crippen molar-refractivity contribution < 1.29 is 19.0 Å². The molecule has 0 heterocycles. The molecule has 0 atom stereocenters. The van der Waals surface area contributed by atoms with E-state index in [-0.39, 0.29) is 5.97 Å².